The van der Waals surface area contributed by atoms with Gasteiger partial charge in [0.2, 0.25) is 0 Å². The van der Waals surface area contributed by atoms with E-state index in [2.05, 4.69) is 22.7 Å². The average molecular weight is 230 g/mol. The summed E-state index contributed by atoms with van der Waals surface area (Å²) in [6.07, 6.45) is 2.57. The van der Waals surface area contributed by atoms with Crippen LogP contribution in [0.5, 0.6) is 0 Å². The maximum atomic E-state index is 11.7. The Morgan fingerprint density at radius 2 is 1.94 bits per heavy atom. The molecule has 1 unspecified atom stereocenters. The van der Waals surface area contributed by atoms with Gasteiger partial charge in [-0.2, -0.15) is 5.10 Å². The van der Waals surface area contributed by atoms with Gasteiger partial charge in [-0.05, 0) is 31.7 Å². The third-order valence-electron chi connectivity index (χ3n) is 3.63. The van der Waals surface area contributed by atoms with Gasteiger partial charge in [-0.3, -0.25) is 4.79 Å². The Balaban J connectivity index is 2.03. The average Bonchev–Trinajstić information content (AvgIpc) is 2.65. The highest BCUT2D eigenvalue weighted by Gasteiger charge is 2.40. The largest absolute Gasteiger partial charge is 0.272 e. The van der Waals surface area contributed by atoms with Crippen LogP contribution >= 0.6 is 0 Å². The Labute approximate surface area is 102 Å². The molecular weight excluding hydrogens is 212 g/mol. The monoisotopic (exact) mass is 230 g/mol. The van der Waals surface area contributed by atoms with Crippen LogP contribution in [0, 0.1) is 5.41 Å². The SMILES string of the molecule is CCC1(C)C(=O)NN=C1CCc1ccccc1. The first-order chi connectivity index (χ1) is 8.16. The van der Waals surface area contributed by atoms with Crippen molar-refractivity contribution in [2.24, 2.45) is 10.5 Å². The van der Waals surface area contributed by atoms with E-state index >= 15 is 0 Å². The van der Waals surface area contributed by atoms with Crippen LogP contribution in [0.25, 0.3) is 0 Å². The van der Waals surface area contributed by atoms with Crippen LogP contribution in [0.4, 0.5) is 0 Å². The van der Waals surface area contributed by atoms with Gasteiger partial charge in [0.05, 0.1) is 11.1 Å². The zero-order chi connectivity index (χ0) is 12.3. The Bertz CT molecular complexity index is 439. The third kappa shape index (κ3) is 2.23. The Morgan fingerprint density at radius 1 is 1.24 bits per heavy atom. The number of hydrogen-bond acceptors (Lipinski definition) is 2. The molecule has 0 aliphatic carbocycles. The van der Waals surface area contributed by atoms with Crippen LogP contribution < -0.4 is 5.43 Å². The normalized spacial score (nSPS) is 23.4. The summed E-state index contributed by atoms with van der Waals surface area (Å²) in [7, 11) is 0. The van der Waals surface area contributed by atoms with Crippen molar-refractivity contribution >= 4 is 11.6 Å². The zero-order valence-electron chi connectivity index (χ0n) is 10.4. The molecule has 17 heavy (non-hydrogen) atoms. The minimum Gasteiger partial charge on any atom is -0.272 e. The zero-order valence-corrected chi connectivity index (χ0v) is 10.4. The quantitative estimate of drug-likeness (QED) is 0.848. The highest BCUT2D eigenvalue weighted by molar-refractivity contribution is 6.11. The second-order valence-electron chi connectivity index (χ2n) is 4.67. The van der Waals surface area contributed by atoms with E-state index in [1.54, 1.807) is 0 Å². The first-order valence-corrected chi connectivity index (χ1v) is 6.08. The number of benzene rings is 1. The Hall–Kier alpha value is -1.64. The molecule has 0 saturated carbocycles. The molecule has 1 aromatic carbocycles. The molecule has 0 aromatic heterocycles. The third-order valence-corrected chi connectivity index (χ3v) is 3.63. The van der Waals surface area contributed by atoms with Crippen molar-refractivity contribution in [3.63, 3.8) is 0 Å². The maximum absolute atomic E-state index is 11.7. The minimum atomic E-state index is -0.408. The van der Waals surface area contributed by atoms with Crippen molar-refractivity contribution in [3.8, 4) is 0 Å². The summed E-state index contributed by atoms with van der Waals surface area (Å²) in [5, 5.41) is 4.17. The van der Waals surface area contributed by atoms with E-state index in [-0.39, 0.29) is 5.91 Å². The van der Waals surface area contributed by atoms with Gasteiger partial charge in [-0.1, -0.05) is 37.3 Å². The van der Waals surface area contributed by atoms with Crippen molar-refractivity contribution in [1.29, 1.82) is 0 Å². The molecule has 0 radical (unpaired) electrons. The van der Waals surface area contributed by atoms with Crippen LogP contribution in [-0.2, 0) is 11.2 Å². The molecule has 90 valence electrons. The number of hydrogen-bond donors (Lipinski definition) is 1. The van der Waals surface area contributed by atoms with Crippen LogP contribution in [0.15, 0.2) is 35.4 Å². The minimum absolute atomic E-state index is 0.0306. The highest BCUT2D eigenvalue weighted by Crippen LogP contribution is 2.29. The van der Waals surface area contributed by atoms with Crippen molar-refractivity contribution in [1.82, 2.24) is 5.43 Å². The lowest BCUT2D eigenvalue weighted by Crippen LogP contribution is -2.34. The fraction of sp³-hybridized carbons (Fsp3) is 0.429. The van der Waals surface area contributed by atoms with Gasteiger partial charge in [0, 0.05) is 0 Å². The lowest BCUT2D eigenvalue weighted by Gasteiger charge is -2.20. The number of aryl methyl sites for hydroxylation is 1. The molecule has 1 aromatic rings. The molecular formula is C14H18N2O. The first kappa shape index (κ1) is 11.8. The van der Waals surface area contributed by atoms with E-state index < -0.39 is 5.41 Å². The van der Waals surface area contributed by atoms with Crippen molar-refractivity contribution < 1.29 is 4.79 Å². The van der Waals surface area contributed by atoms with Gasteiger partial charge < -0.3 is 0 Å². The van der Waals surface area contributed by atoms with Crippen molar-refractivity contribution in [2.45, 2.75) is 33.1 Å². The Kier molecular flexibility index (Phi) is 3.27. The van der Waals surface area contributed by atoms with E-state index in [1.165, 1.54) is 5.56 Å². The summed E-state index contributed by atoms with van der Waals surface area (Å²) in [4.78, 5) is 11.7. The van der Waals surface area contributed by atoms with Crippen LogP contribution in [-0.4, -0.2) is 11.6 Å². The highest BCUT2D eigenvalue weighted by atomic mass is 16.2. The lowest BCUT2D eigenvalue weighted by atomic mass is 9.80. The molecule has 1 amide bonds. The molecule has 1 N–H and O–H groups in total. The molecule has 2 rings (SSSR count). The van der Waals surface area contributed by atoms with Crippen molar-refractivity contribution in [2.75, 3.05) is 0 Å². The molecule has 0 spiro atoms. The fourth-order valence-corrected chi connectivity index (χ4v) is 2.10. The number of rotatable bonds is 4. The molecule has 1 aliphatic rings. The second-order valence-corrected chi connectivity index (χ2v) is 4.67. The van der Waals surface area contributed by atoms with Gasteiger partial charge in [0.15, 0.2) is 0 Å². The number of nitrogens with one attached hydrogen (secondary N) is 1. The molecule has 3 heteroatoms. The molecule has 1 atom stereocenters. The Morgan fingerprint density at radius 3 is 2.59 bits per heavy atom. The predicted octanol–water partition coefficient (Wildman–Crippen LogP) is 2.52. The van der Waals surface area contributed by atoms with Gasteiger partial charge in [0.1, 0.15) is 0 Å². The van der Waals surface area contributed by atoms with Crippen LogP contribution in [0.1, 0.15) is 32.3 Å². The number of carbonyl (C=O) groups is 1. The number of hydrazone groups is 1. The molecule has 3 nitrogen and oxygen atoms in total. The molecule has 0 saturated heterocycles. The first-order valence-electron chi connectivity index (χ1n) is 6.08. The lowest BCUT2D eigenvalue weighted by molar-refractivity contribution is -0.125. The summed E-state index contributed by atoms with van der Waals surface area (Å²) in [5.74, 6) is 0.0306. The fourth-order valence-electron chi connectivity index (χ4n) is 2.10. The predicted molar refractivity (Wildman–Crippen MR) is 68.7 cm³/mol. The standard InChI is InChI=1S/C14H18N2O/c1-3-14(2)12(15-16-13(14)17)10-9-11-7-5-4-6-8-11/h4-8H,3,9-10H2,1-2H3,(H,16,17). The summed E-state index contributed by atoms with van der Waals surface area (Å²) in [5.41, 5.74) is 4.45. The molecule has 1 aliphatic heterocycles. The summed E-state index contributed by atoms with van der Waals surface area (Å²) < 4.78 is 0. The summed E-state index contributed by atoms with van der Waals surface area (Å²) >= 11 is 0. The van der Waals surface area contributed by atoms with Gasteiger partial charge in [0.25, 0.3) is 5.91 Å². The number of nitrogens with zero attached hydrogens (tertiary/aromatic N) is 1. The topological polar surface area (TPSA) is 41.5 Å². The number of carbonyl (C=O) groups excluding carboxylic acids is 1. The van der Waals surface area contributed by atoms with E-state index in [4.69, 9.17) is 0 Å². The van der Waals surface area contributed by atoms with Crippen LogP contribution in [0.3, 0.4) is 0 Å². The van der Waals surface area contributed by atoms with Crippen molar-refractivity contribution in [3.05, 3.63) is 35.9 Å². The van der Waals surface area contributed by atoms with E-state index in [0.29, 0.717) is 0 Å². The number of amides is 1. The smallest absolute Gasteiger partial charge is 0.251 e. The van der Waals surface area contributed by atoms with Gasteiger partial charge in [-0.15, -0.1) is 0 Å². The van der Waals surface area contributed by atoms with Crippen LogP contribution in [0.2, 0.25) is 0 Å². The second kappa shape index (κ2) is 4.70. The van der Waals surface area contributed by atoms with E-state index in [1.807, 2.05) is 32.0 Å². The molecule has 0 bridgehead atoms. The van der Waals surface area contributed by atoms with E-state index in [0.717, 1.165) is 25.0 Å². The van der Waals surface area contributed by atoms with Gasteiger partial charge in [-0.25, -0.2) is 5.43 Å². The summed E-state index contributed by atoms with van der Waals surface area (Å²) in [6, 6.07) is 10.3. The summed E-state index contributed by atoms with van der Waals surface area (Å²) in [6.45, 7) is 4.00. The molecule has 0 fully saturated rings. The van der Waals surface area contributed by atoms with Gasteiger partial charge >= 0.3 is 0 Å². The van der Waals surface area contributed by atoms with E-state index in [9.17, 15) is 4.79 Å². The molecule has 1 heterocycles. The maximum Gasteiger partial charge on any atom is 0.251 e.